The first-order valence-electron chi connectivity index (χ1n) is 7.62. The molecule has 122 valence electrons. The Bertz CT molecular complexity index is 664. The van der Waals surface area contributed by atoms with Crippen molar-refractivity contribution in [2.45, 2.75) is 31.7 Å². The highest BCUT2D eigenvalue weighted by Crippen LogP contribution is 2.23. The van der Waals surface area contributed by atoms with E-state index in [-0.39, 0.29) is 17.1 Å². The molecule has 0 radical (unpaired) electrons. The molecule has 0 aliphatic heterocycles. The molecule has 3 nitrogen and oxygen atoms in total. The molecule has 23 heavy (non-hydrogen) atoms. The standard InChI is InChI=1S/C19H23FN2O/c1-18(2,14-9-11-16(20)12-10-14)13-22-17(23)19(3,21)15-7-5-4-6-8-15/h4-12H,13,21H2,1-3H3,(H,22,23). The number of carbonyl (C=O) groups excluding carboxylic acids is 1. The van der Waals surface area contributed by atoms with Gasteiger partial charge in [0, 0.05) is 12.0 Å². The molecule has 0 bridgehead atoms. The Kier molecular flexibility index (Phi) is 4.85. The summed E-state index contributed by atoms with van der Waals surface area (Å²) >= 11 is 0. The molecule has 0 fully saturated rings. The Morgan fingerprint density at radius 3 is 2.13 bits per heavy atom. The molecular weight excluding hydrogens is 291 g/mol. The van der Waals surface area contributed by atoms with Crippen LogP contribution in [0.1, 0.15) is 31.9 Å². The van der Waals surface area contributed by atoms with E-state index in [1.54, 1.807) is 19.1 Å². The molecule has 0 aliphatic carbocycles. The summed E-state index contributed by atoms with van der Waals surface area (Å²) in [5, 5.41) is 2.92. The van der Waals surface area contributed by atoms with Crippen LogP contribution in [0, 0.1) is 5.82 Å². The molecular formula is C19H23FN2O. The Morgan fingerprint density at radius 1 is 1.00 bits per heavy atom. The molecule has 0 aliphatic rings. The van der Waals surface area contributed by atoms with Crippen LogP contribution in [0.3, 0.4) is 0 Å². The van der Waals surface area contributed by atoms with Crippen molar-refractivity contribution in [3.63, 3.8) is 0 Å². The minimum Gasteiger partial charge on any atom is -0.353 e. The summed E-state index contributed by atoms with van der Waals surface area (Å²) in [5.74, 6) is -0.508. The first-order chi connectivity index (χ1) is 10.7. The molecule has 2 aromatic carbocycles. The number of benzene rings is 2. The minimum absolute atomic E-state index is 0.237. The van der Waals surface area contributed by atoms with Crippen LogP contribution in [0.4, 0.5) is 4.39 Å². The Morgan fingerprint density at radius 2 is 1.57 bits per heavy atom. The van der Waals surface area contributed by atoms with Crippen molar-refractivity contribution in [3.8, 4) is 0 Å². The van der Waals surface area contributed by atoms with E-state index >= 15 is 0 Å². The zero-order chi connectivity index (χ0) is 17.1. The number of amides is 1. The lowest BCUT2D eigenvalue weighted by atomic mass is 9.84. The van der Waals surface area contributed by atoms with Gasteiger partial charge in [0.25, 0.3) is 0 Å². The number of nitrogens with one attached hydrogen (secondary N) is 1. The van der Waals surface area contributed by atoms with E-state index in [9.17, 15) is 9.18 Å². The van der Waals surface area contributed by atoms with Crippen LogP contribution in [0.15, 0.2) is 54.6 Å². The normalized spacial score (nSPS) is 14.1. The molecule has 0 heterocycles. The number of hydrogen-bond donors (Lipinski definition) is 2. The fourth-order valence-corrected chi connectivity index (χ4v) is 2.40. The molecule has 0 aromatic heterocycles. The summed E-state index contributed by atoms with van der Waals surface area (Å²) in [7, 11) is 0. The van der Waals surface area contributed by atoms with Crippen molar-refractivity contribution in [1.82, 2.24) is 5.32 Å². The maximum absolute atomic E-state index is 13.0. The zero-order valence-electron chi connectivity index (χ0n) is 13.8. The van der Waals surface area contributed by atoms with Crippen LogP contribution in [0.5, 0.6) is 0 Å². The molecule has 2 rings (SSSR count). The molecule has 3 N–H and O–H groups in total. The first-order valence-corrected chi connectivity index (χ1v) is 7.62. The van der Waals surface area contributed by atoms with Gasteiger partial charge in [-0.05, 0) is 30.2 Å². The summed E-state index contributed by atoms with van der Waals surface area (Å²) in [4.78, 5) is 12.5. The van der Waals surface area contributed by atoms with Crippen molar-refractivity contribution in [1.29, 1.82) is 0 Å². The molecule has 2 aromatic rings. The van der Waals surface area contributed by atoms with Crippen molar-refractivity contribution in [3.05, 3.63) is 71.5 Å². The van der Waals surface area contributed by atoms with Gasteiger partial charge in [0.05, 0.1) is 0 Å². The van der Waals surface area contributed by atoms with Crippen LogP contribution in [-0.2, 0) is 15.7 Å². The Balaban J connectivity index is 2.07. The SMILES string of the molecule is CC(C)(CNC(=O)C(C)(N)c1ccccc1)c1ccc(F)cc1. The maximum atomic E-state index is 13.0. The molecule has 0 saturated heterocycles. The van der Waals surface area contributed by atoms with Gasteiger partial charge in [0.1, 0.15) is 11.4 Å². The number of hydrogen-bond acceptors (Lipinski definition) is 2. The lowest BCUT2D eigenvalue weighted by Crippen LogP contribution is -2.51. The highest BCUT2D eigenvalue weighted by atomic mass is 19.1. The first kappa shape index (κ1) is 17.2. The molecule has 1 atom stereocenters. The van der Waals surface area contributed by atoms with Crippen LogP contribution in [-0.4, -0.2) is 12.5 Å². The molecule has 0 spiro atoms. The van der Waals surface area contributed by atoms with E-state index in [0.717, 1.165) is 11.1 Å². The van der Waals surface area contributed by atoms with Crippen molar-refractivity contribution < 1.29 is 9.18 Å². The smallest absolute Gasteiger partial charge is 0.244 e. The fourth-order valence-electron chi connectivity index (χ4n) is 2.40. The molecule has 1 amide bonds. The van der Waals surface area contributed by atoms with E-state index < -0.39 is 5.54 Å². The molecule has 4 heteroatoms. The third-order valence-corrected chi connectivity index (χ3v) is 4.16. The number of nitrogens with two attached hydrogens (primary N) is 1. The van der Waals surface area contributed by atoms with Crippen molar-refractivity contribution >= 4 is 5.91 Å². The van der Waals surface area contributed by atoms with Crippen LogP contribution >= 0.6 is 0 Å². The number of rotatable bonds is 5. The maximum Gasteiger partial charge on any atom is 0.244 e. The van der Waals surface area contributed by atoms with Gasteiger partial charge < -0.3 is 11.1 Å². The zero-order valence-corrected chi connectivity index (χ0v) is 13.8. The van der Waals surface area contributed by atoms with Crippen LogP contribution in [0.2, 0.25) is 0 Å². The summed E-state index contributed by atoms with van der Waals surface area (Å²) < 4.78 is 13.0. The van der Waals surface area contributed by atoms with E-state index in [1.807, 2.05) is 44.2 Å². The van der Waals surface area contributed by atoms with Gasteiger partial charge in [-0.2, -0.15) is 0 Å². The lowest BCUT2D eigenvalue weighted by molar-refractivity contribution is -0.126. The average Bonchev–Trinajstić information content (AvgIpc) is 2.54. The summed E-state index contributed by atoms with van der Waals surface area (Å²) in [6.45, 7) is 6.10. The monoisotopic (exact) mass is 314 g/mol. The van der Waals surface area contributed by atoms with Gasteiger partial charge in [-0.25, -0.2) is 4.39 Å². The largest absolute Gasteiger partial charge is 0.353 e. The Hall–Kier alpha value is -2.20. The molecule has 1 unspecified atom stereocenters. The van der Waals surface area contributed by atoms with E-state index in [4.69, 9.17) is 5.73 Å². The lowest BCUT2D eigenvalue weighted by Gasteiger charge is -2.29. The van der Waals surface area contributed by atoms with Gasteiger partial charge >= 0.3 is 0 Å². The third kappa shape index (κ3) is 3.96. The van der Waals surface area contributed by atoms with Gasteiger partial charge in [0.15, 0.2) is 0 Å². The topological polar surface area (TPSA) is 55.1 Å². The summed E-state index contributed by atoms with van der Waals surface area (Å²) in [6, 6.07) is 15.6. The van der Waals surface area contributed by atoms with Gasteiger partial charge in [-0.1, -0.05) is 56.3 Å². The average molecular weight is 314 g/mol. The van der Waals surface area contributed by atoms with E-state index in [2.05, 4.69) is 5.32 Å². The van der Waals surface area contributed by atoms with E-state index in [0.29, 0.717) is 6.54 Å². The third-order valence-electron chi connectivity index (χ3n) is 4.16. The summed E-state index contributed by atoms with van der Waals surface area (Å²) in [5.41, 5.74) is 6.50. The van der Waals surface area contributed by atoms with Crippen LogP contribution < -0.4 is 11.1 Å². The highest BCUT2D eigenvalue weighted by Gasteiger charge is 2.32. The second-order valence-electron chi connectivity index (χ2n) is 6.64. The number of carbonyl (C=O) groups is 1. The van der Waals surface area contributed by atoms with E-state index in [1.165, 1.54) is 12.1 Å². The predicted molar refractivity (Wildman–Crippen MR) is 90.4 cm³/mol. The van der Waals surface area contributed by atoms with Gasteiger partial charge in [-0.3, -0.25) is 4.79 Å². The van der Waals surface area contributed by atoms with Gasteiger partial charge in [-0.15, -0.1) is 0 Å². The predicted octanol–water partition coefficient (Wildman–Crippen LogP) is 3.09. The number of halogens is 1. The molecule has 0 saturated carbocycles. The second kappa shape index (κ2) is 6.50. The van der Waals surface area contributed by atoms with Crippen molar-refractivity contribution in [2.24, 2.45) is 5.73 Å². The van der Waals surface area contributed by atoms with Gasteiger partial charge in [0.2, 0.25) is 5.91 Å². The highest BCUT2D eigenvalue weighted by molar-refractivity contribution is 5.87. The van der Waals surface area contributed by atoms with Crippen LogP contribution in [0.25, 0.3) is 0 Å². The quantitative estimate of drug-likeness (QED) is 0.891. The summed E-state index contributed by atoms with van der Waals surface area (Å²) in [6.07, 6.45) is 0. The van der Waals surface area contributed by atoms with Crippen molar-refractivity contribution in [2.75, 3.05) is 6.54 Å². The second-order valence-corrected chi connectivity index (χ2v) is 6.64. The Labute approximate surface area is 136 Å². The minimum atomic E-state index is -1.10. The fraction of sp³-hybridized carbons (Fsp3) is 0.316.